The maximum Gasteiger partial charge on any atom is 0.337 e. The lowest BCUT2D eigenvalue weighted by Crippen LogP contribution is -2.44. The van der Waals surface area contributed by atoms with Crippen LogP contribution in [0.2, 0.25) is 5.02 Å². The molecule has 2 aromatic rings. The molecular weight excluding hydrogens is 432 g/mol. The molecule has 4 rings (SSSR count). The van der Waals surface area contributed by atoms with Crippen LogP contribution in [0.4, 0.5) is 5.69 Å². The predicted octanol–water partition coefficient (Wildman–Crippen LogP) is 3.58. The molecule has 0 radical (unpaired) electrons. The number of likely N-dealkylation sites (tertiary alicyclic amines) is 1. The highest BCUT2D eigenvalue weighted by atomic mass is 35.5. The lowest BCUT2D eigenvalue weighted by molar-refractivity contribution is -0.123. The van der Waals surface area contributed by atoms with Gasteiger partial charge in [0.2, 0.25) is 5.91 Å². The summed E-state index contributed by atoms with van der Waals surface area (Å²) in [5.41, 5.74) is 2.75. The van der Waals surface area contributed by atoms with E-state index in [9.17, 15) is 14.4 Å². The number of esters is 1. The van der Waals surface area contributed by atoms with Crippen LogP contribution in [0.25, 0.3) is 0 Å². The number of fused-ring (bicyclic) bond motifs is 1. The Morgan fingerprint density at radius 2 is 1.75 bits per heavy atom. The minimum atomic E-state index is -0.383. The van der Waals surface area contributed by atoms with Gasteiger partial charge in [-0.25, -0.2) is 4.79 Å². The third-order valence-corrected chi connectivity index (χ3v) is 6.42. The maximum absolute atomic E-state index is 13.2. The van der Waals surface area contributed by atoms with Gasteiger partial charge in [-0.15, -0.1) is 0 Å². The van der Waals surface area contributed by atoms with Crippen molar-refractivity contribution in [1.29, 1.82) is 0 Å². The van der Waals surface area contributed by atoms with E-state index in [1.54, 1.807) is 40.1 Å². The van der Waals surface area contributed by atoms with E-state index in [1.165, 1.54) is 14.2 Å². The topological polar surface area (TPSA) is 76.2 Å². The summed E-state index contributed by atoms with van der Waals surface area (Å²) in [6.45, 7) is 1.58. The van der Waals surface area contributed by atoms with Gasteiger partial charge < -0.3 is 19.3 Å². The van der Waals surface area contributed by atoms with Crippen LogP contribution in [0.5, 0.6) is 5.75 Å². The van der Waals surface area contributed by atoms with Crippen molar-refractivity contribution < 1.29 is 23.9 Å². The summed E-state index contributed by atoms with van der Waals surface area (Å²) in [7, 11) is 2.87. The highest BCUT2D eigenvalue weighted by molar-refractivity contribution is 6.31. The van der Waals surface area contributed by atoms with Gasteiger partial charge in [0.15, 0.2) is 0 Å². The Morgan fingerprint density at radius 3 is 2.44 bits per heavy atom. The van der Waals surface area contributed by atoms with Crippen LogP contribution in [0.15, 0.2) is 36.4 Å². The molecule has 0 aliphatic carbocycles. The monoisotopic (exact) mass is 456 g/mol. The van der Waals surface area contributed by atoms with Crippen LogP contribution in [0.1, 0.15) is 39.1 Å². The van der Waals surface area contributed by atoms with Gasteiger partial charge in [-0.05, 0) is 61.2 Å². The van der Waals surface area contributed by atoms with E-state index in [1.807, 2.05) is 6.07 Å². The van der Waals surface area contributed by atoms with Crippen molar-refractivity contribution >= 4 is 35.1 Å². The van der Waals surface area contributed by atoms with Crippen LogP contribution in [0, 0.1) is 5.92 Å². The number of piperidine rings is 1. The highest BCUT2D eigenvalue weighted by Crippen LogP contribution is 2.33. The smallest absolute Gasteiger partial charge is 0.337 e. The Morgan fingerprint density at radius 1 is 1.00 bits per heavy atom. The fraction of sp³-hybridized carbons (Fsp3) is 0.375. The SMILES string of the molecule is COC(=O)c1ccc2c(c1)CCN2C(=O)C1CCN(C(=O)c2cc(Cl)ccc2OC)CC1. The van der Waals surface area contributed by atoms with E-state index in [-0.39, 0.29) is 23.7 Å². The fourth-order valence-corrected chi connectivity index (χ4v) is 4.62. The third-order valence-electron chi connectivity index (χ3n) is 6.19. The van der Waals surface area contributed by atoms with Crippen molar-refractivity contribution in [3.05, 3.63) is 58.1 Å². The van der Waals surface area contributed by atoms with Crippen molar-refractivity contribution in [1.82, 2.24) is 4.90 Å². The number of anilines is 1. The Bertz CT molecular complexity index is 1060. The van der Waals surface area contributed by atoms with Crippen LogP contribution in [0.3, 0.4) is 0 Å². The summed E-state index contributed by atoms with van der Waals surface area (Å²) in [5.74, 6) is -0.116. The van der Waals surface area contributed by atoms with Gasteiger partial charge in [0.1, 0.15) is 5.75 Å². The first-order valence-corrected chi connectivity index (χ1v) is 11.0. The zero-order valence-electron chi connectivity index (χ0n) is 18.1. The minimum absolute atomic E-state index is 0.0713. The summed E-state index contributed by atoms with van der Waals surface area (Å²) in [4.78, 5) is 41.5. The first-order valence-electron chi connectivity index (χ1n) is 10.6. The van der Waals surface area contributed by atoms with Gasteiger partial charge in [0.25, 0.3) is 5.91 Å². The van der Waals surface area contributed by atoms with Crippen LogP contribution < -0.4 is 9.64 Å². The van der Waals surface area contributed by atoms with Gasteiger partial charge in [-0.2, -0.15) is 0 Å². The predicted molar refractivity (Wildman–Crippen MR) is 120 cm³/mol. The van der Waals surface area contributed by atoms with E-state index in [2.05, 4.69) is 0 Å². The molecule has 7 nitrogen and oxygen atoms in total. The van der Waals surface area contributed by atoms with Gasteiger partial charge in [0, 0.05) is 36.3 Å². The number of nitrogens with zero attached hydrogens (tertiary/aromatic N) is 2. The molecule has 1 saturated heterocycles. The summed E-state index contributed by atoms with van der Waals surface area (Å²) in [5, 5.41) is 0.474. The molecule has 0 N–H and O–H groups in total. The zero-order chi connectivity index (χ0) is 22.8. The van der Waals surface area contributed by atoms with Crippen molar-refractivity contribution in [2.75, 3.05) is 38.8 Å². The van der Waals surface area contributed by atoms with E-state index < -0.39 is 0 Å². The van der Waals surface area contributed by atoms with Crippen molar-refractivity contribution in [3.63, 3.8) is 0 Å². The number of ether oxygens (including phenoxy) is 2. The minimum Gasteiger partial charge on any atom is -0.496 e. The Labute approximate surface area is 191 Å². The molecule has 2 amide bonds. The summed E-state index contributed by atoms with van der Waals surface area (Å²) >= 11 is 6.07. The molecule has 0 aromatic heterocycles. The van der Waals surface area contributed by atoms with E-state index >= 15 is 0 Å². The molecule has 0 spiro atoms. The fourth-order valence-electron chi connectivity index (χ4n) is 4.44. The second kappa shape index (κ2) is 9.20. The highest BCUT2D eigenvalue weighted by Gasteiger charge is 2.34. The molecule has 168 valence electrons. The van der Waals surface area contributed by atoms with E-state index in [0.717, 1.165) is 11.3 Å². The molecular formula is C24H25ClN2O5. The second-order valence-corrected chi connectivity index (χ2v) is 8.42. The molecule has 2 aliphatic heterocycles. The average Bonchev–Trinajstić information content (AvgIpc) is 3.26. The Balaban J connectivity index is 1.41. The average molecular weight is 457 g/mol. The normalized spacial score (nSPS) is 16.0. The van der Waals surface area contributed by atoms with E-state index in [0.29, 0.717) is 60.8 Å². The van der Waals surface area contributed by atoms with Gasteiger partial charge in [-0.3, -0.25) is 9.59 Å². The quantitative estimate of drug-likeness (QED) is 0.657. The van der Waals surface area contributed by atoms with E-state index in [4.69, 9.17) is 21.1 Å². The second-order valence-electron chi connectivity index (χ2n) is 7.99. The molecule has 0 unspecified atom stereocenters. The summed E-state index contributed by atoms with van der Waals surface area (Å²) < 4.78 is 10.1. The number of hydrogen-bond donors (Lipinski definition) is 0. The zero-order valence-corrected chi connectivity index (χ0v) is 18.9. The molecule has 32 heavy (non-hydrogen) atoms. The lowest BCUT2D eigenvalue weighted by Gasteiger charge is -2.33. The Hall–Kier alpha value is -3.06. The van der Waals surface area contributed by atoms with Crippen LogP contribution >= 0.6 is 11.6 Å². The van der Waals surface area contributed by atoms with Crippen LogP contribution in [-0.2, 0) is 16.0 Å². The number of carbonyl (C=O) groups excluding carboxylic acids is 3. The molecule has 8 heteroatoms. The third kappa shape index (κ3) is 4.17. The molecule has 0 atom stereocenters. The number of carbonyl (C=O) groups is 3. The van der Waals surface area contributed by atoms with Gasteiger partial charge in [0.05, 0.1) is 25.3 Å². The maximum atomic E-state index is 13.2. The number of amides is 2. The van der Waals surface area contributed by atoms with Crippen molar-refractivity contribution in [2.45, 2.75) is 19.3 Å². The molecule has 2 aliphatic rings. The van der Waals surface area contributed by atoms with Gasteiger partial charge >= 0.3 is 5.97 Å². The number of benzene rings is 2. The number of methoxy groups -OCH3 is 2. The lowest BCUT2D eigenvalue weighted by atomic mass is 9.94. The number of rotatable bonds is 4. The number of hydrogen-bond acceptors (Lipinski definition) is 5. The number of halogens is 1. The van der Waals surface area contributed by atoms with Crippen molar-refractivity contribution in [3.8, 4) is 5.75 Å². The van der Waals surface area contributed by atoms with Crippen molar-refractivity contribution in [2.24, 2.45) is 5.92 Å². The standard InChI is InChI=1S/C24H25ClN2O5/c1-31-21-6-4-18(25)14-19(21)23(29)26-10-7-15(8-11-26)22(28)27-12-9-16-13-17(24(30)32-2)3-5-20(16)27/h3-6,13-15H,7-12H2,1-2H3. The molecule has 0 bridgehead atoms. The Kier molecular flexibility index (Phi) is 6.37. The molecule has 2 aromatic carbocycles. The van der Waals surface area contributed by atoms with Crippen LogP contribution in [-0.4, -0.2) is 56.5 Å². The molecule has 0 saturated carbocycles. The van der Waals surface area contributed by atoms with Gasteiger partial charge in [-0.1, -0.05) is 11.6 Å². The summed E-state index contributed by atoms with van der Waals surface area (Å²) in [6.07, 6.45) is 1.90. The first-order chi connectivity index (χ1) is 15.4. The largest absolute Gasteiger partial charge is 0.496 e. The molecule has 2 heterocycles. The first kappa shape index (κ1) is 22.1. The molecule has 1 fully saturated rings. The summed E-state index contributed by atoms with van der Waals surface area (Å²) in [6, 6.07) is 10.3.